The fourth-order valence-corrected chi connectivity index (χ4v) is 4.66. The van der Waals surface area contributed by atoms with Gasteiger partial charge in [0.15, 0.2) is 17.7 Å². The Bertz CT molecular complexity index is 1500. The highest BCUT2D eigenvalue weighted by Gasteiger charge is 2.44. The van der Waals surface area contributed by atoms with Gasteiger partial charge in [-0.25, -0.2) is 13.6 Å². The largest absolute Gasteiger partial charge is 0.481 e. The molecule has 11 nitrogen and oxygen atoms in total. The number of nitrogens with zero attached hydrogens (tertiary/aromatic N) is 2. The summed E-state index contributed by atoms with van der Waals surface area (Å²) in [5.74, 6) is -3.03. The van der Waals surface area contributed by atoms with Crippen LogP contribution in [0, 0.1) is 11.6 Å². The molecule has 2 aliphatic heterocycles. The Morgan fingerprint density at radius 3 is 2.37 bits per heavy atom. The number of ether oxygens (including phenoxy) is 2. The molecule has 0 saturated carbocycles. The summed E-state index contributed by atoms with van der Waals surface area (Å²) >= 11 is 0. The summed E-state index contributed by atoms with van der Waals surface area (Å²) in [4.78, 5) is 54.5. The van der Waals surface area contributed by atoms with Gasteiger partial charge in [0.2, 0.25) is 6.79 Å². The van der Waals surface area contributed by atoms with Gasteiger partial charge in [0.05, 0.1) is 12.5 Å². The Kier molecular flexibility index (Phi) is 7.68. The second-order valence-corrected chi connectivity index (χ2v) is 9.28. The molecule has 0 aromatic heterocycles. The van der Waals surface area contributed by atoms with Crippen molar-refractivity contribution in [1.29, 1.82) is 0 Å². The molecule has 13 heteroatoms. The van der Waals surface area contributed by atoms with Crippen LogP contribution in [0.25, 0.3) is 0 Å². The van der Waals surface area contributed by atoms with Gasteiger partial charge in [0.1, 0.15) is 11.6 Å². The van der Waals surface area contributed by atoms with E-state index in [2.05, 4.69) is 10.6 Å². The number of hydrogen-bond donors (Lipinski definition) is 3. The van der Waals surface area contributed by atoms with E-state index in [1.165, 1.54) is 47.4 Å². The van der Waals surface area contributed by atoms with Crippen LogP contribution in [0.4, 0.5) is 19.3 Å². The summed E-state index contributed by atoms with van der Waals surface area (Å²) < 4.78 is 37.9. The number of nitrogens with one attached hydrogen (secondary N) is 2. The molecular weight excluding hydrogens is 542 g/mol. The number of urea groups is 1. The Hall–Kier alpha value is -5.20. The zero-order valence-electron chi connectivity index (χ0n) is 21.4. The number of benzene rings is 3. The lowest BCUT2D eigenvalue weighted by molar-refractivity contribution is -0.138. The molecule has 2 aliphatic rings. The Labute approximate surface area is 232 Å². The summed E-state index contributed by atoms with van der Waals surface area (Å²) in [5.41, 5.74) is 0.606. The van der Waals surface area contributed by atoms with Crippen LogP contribution in [0.1, 0.15) is 28.4 Å². The van der Waals surface area contributed by atoms with Crippen molar-refractivity contribution in [2.75, 3.05) is 25.2 Å². The van der Waals surface area contributed by atoms with Gasteiger partial charge in [-0.15, -0.1) is 0 Å². The van der Waals surface area contributed by atoms with Crippen molar-refractivity contribution < 1.29 is 42.5 Å². The van der Waals surface area contributed by atoms with Crippen LogP contribution in [-0.2, 0) is 9.59 Å². The van der Waals surface area contributed by atoms with Crippen LogP contribution in [-0.4, -0.2) is 64.8 Å². The van der Waals surface area contributed by atoms with E-state index < -0.39 is 54.1 Å². The minimum atomic E-state index is -1.50. The minimum Gasteiger partial charge on any atom is -0.481 e. The van der Waals surface area contributed by atoms with E-state index in [0.717, 1.165) is 23.1 Å². The van der Waals surface area contributed by atoms with Crippen LogP contribution >= 0.6 is 0 Å². The van der Waals surface area contributed by atoms with Gasteiger partial charge in [0.25, 0.3) is 11.8 Å². The molecule has 212 valence electrons. The molecule has 2 atom stereocenters. The van der Waals surface area contributed by atoms with Crippen molar-refractivity contribution in [3.8, 4) is 11.5 Å². The van der Waals surface area contributed by atoms with Crippen LogP contribution in [0.2, 0.25) is 0 Å². The molecule has 0 bridgehead atoms. The van der Waals surface area contributed by atoms with Gasteiger partial charge in [-0.1, -0.05) is 18.2 Å². The summed E-state index contributed by atoms with van der Waals surface area (Å²) in [6, 6.07) is 12.7. The van der Waals surface area contributed by atoms with Crippen molar-refractivity contribution >= 4 is 29.5 Å². The monoisotopic (exact) mass is 566 g/mol. The molecule has 1 saturated heterocycles. The van der Waals surface area contributed by atoms with Crippen LogP contribution in [0.15, 0.2) is 66.7 Å². The Balaban J connectivity index is 1.44. The number of amides is 4. The van der Waals surface area contributed by atoms with Gasteiger partial charge in [-0.2, -0.15) is 0 Å². The molecule has 2 heterocycles. The topological polar surface area (TPSA) is 138 Å². The van der Waals surface area contributed by atoms with E-state index >= 15 is 0 Å². The zero-order chi connectivity index (χ0) is 29.1. The number of anilines is 1. The summed E-state index contributed by atoms with van der Waals surface area (Å²) in [6.45, 7) is -0.109. The number of aliphatic carboxylic acids is 1. The van der Waals surface area contributed by atoms with Crippen molar-refractivity contribution in [3.05, 3.63) is 89.5 Å². The third-order valence-corrected chi connectivity index (χ3v) is 6.59. The molecule has 41 heavy (non-hydrogen) atoms. The number of carboxylic acids is 1. The highest BCUT2D eigenvalue weighted by molar-refractivity contribution is 6.01. The first-order valence-corrected chi connectivity index (χ1v) is 12.5. The Morgan fingerprint density at radius 2 is 1.63 bits per heavy atom. The minimum absolute atomic E-state index is 0.00982. The summed E-state index contributed by atoms with van der Waals surface area (Å²) in [6.07, 6.45) is -2.05. The van der Waals surface area contributed by atoms with Crippen molar-refractivity contribution in [2.45, 2.75) is 18.6 Å². The van der Waals surface area contributed by atoms with Gasteiger partial charge >= 0.3 is 12.0 Å². The van der Waals surface area contributed by atoms with Gasteiger partial charge < -0.3 is 30.1 Å². The van der Waals surface area contributed by atoms with E-state index in [1.54, 1.807) is 6.07 Å². The maximum atomic E-state index is 13.7. The lowest BCUT2D eigenvalue weighted by Crippen LogP contribution is -2.55. The van der Waals surface area contributed by atoms with Crippen molar-refractivity contribution in [2.24, 2.45) is 0 Å². The molecule has 3 aromatic rings. The number of carbonyl (C=O) groups excluding carboxylic acids is 3. The number of halogens is 2. The number of fused-ring (bicyclic) bond motifs is 1. The fraction of sp³-hybridized carbons (Fsp3) is 0.214. The van der Waals surface area contributed by atoms with Gasteiger partial charge in [-0.3, -0.25) is 19.3 Å². The standard InChI is InChI=1S/C28H24F2N4O7/c29-18-7-4-16(5-8-18)21(14-24(35)36)32-25(37)26-33(27(38)17-6-9-22-23(12-17)41-15-40-22)10-11-34(26)28(39)31-20-3-1-2-19(30)13-20/h1-9,12-13,21,26H,10-11,14-15H2,(H,31,39)(H,32,37)(H,35,36). The van der Waals surface area contributed by atoms with Crippen molar-refractivity contribution in [3.63, 3.8) is 0 Å². The number of carbonyl (C=O) groups is 4. The molecule has 0 spiro atoms. The third kappa shape index (κ3) is 6.03. The Morgan fingerprint density at radius 1 is 0.902 bits per heavy atom. The zero-order valence-corrected chi connectivity index (χ0v) is 21.4. The van der Waals surface area contributed by atoms with E-state index in [0.29, 0.717) is 17.1 Å². The number of rotatable bonds is 7. The number of carboxylic acid groups (broad SMARTS) is 1. The van der Waals surface area contributed by atoms with E-state index in [4.69, 9.17) is 9.47 Å². The quantitative estimate of drug-likeness (QED) is 0.399. The van der Waals surface area contributed by atoms with Gasteiger partial charge in [0, 0.05) is 24.3 Å². The molecule has 0 radical (unpaired) electrons. The van der Waals surface area contributed by atoms with Crippen LogP contribution < -0.4 is 20.1 Å². The van der Waals surface area contributed by atoms with E-state index in [1.807, 2.05) is 0 Å². The average molecular weight is 567 g/mol. The fourth-order valence-electron chi connectivity index (χ4n) is 4.66. The molecular formula is C28H24F2N4O7. The third-order valence-electron chi connectivity index (χ3n) is 6.59. The highest BCUT2D eigenvalue weighted by atomic mass is 19.1. The first-order valence-electron chi connectivity index (χ1n) is 12.5. The van der Waals surface area contributed by atoms with E-state index in [-0.39, 0.29) is 31.1 Å². The predicted molar refractivity (Wildman–Crippen MR) is 139 cm³/mol. The molecule has 3 N–H and O–H groups in total. The average Bonchev–Trinajstić information content (AvgIpc) is 3.59. The lowest BCUT2D eigenvalue weighted by Gasteiger charge is -2.31. The maximum Gasteiger partial charge on any atom is 0.323 e. The molecule has 4 amide bonds. The number of hydrogen-bond acceptors (Lipinski definition) is 6. The van der Waals surface area contributed by atoms with Crippen LogP contribution in [0.3, 0.4) is 0 Å². The lowest BCUT2D eigenvalue weighted by atomic mass is 10.0. The maximum absolute atomic E-state index is 13.7. The SMILES string of the molecule is O=C(O)CC(NC(=O)C1N(C(=O)Nc2cccc(F)c2)CCN1C(=O)c1ccc2c(c1)OCO2)c1ccc(F)cc1. The highest BCUT2D eigenvalue weighted by Crippen LogP contribution is 2.33. The summed E-state index contributed by atoms with van der Waals surface area (Å²) in [7, 11) is 0. The predicted octanol–water partition coefficient (Wildman–Crippen LogP) is 3.34. The molecule has 1 fully saturated rings. The second-order valence-electron chi connectivity index (χ2n) is 9.28. The first-order chi connectivity index (χ1) is 19.7. The molecule has 2 unspecified atom stereocenters. The normalized spacial score (nSPS) is 16.3. The molecule has 3 aromatic carbocycles. The smallest absolute Gasteiger partial charge is 0.323 e. The van der Waals surface area contributed by atoms with Gasteiger partial charge in [-0.05, 0) is 54.1 Å². The van der Waals surface area contributed by atoms with E-state index in [9.17, 15) is 33.1 Å². The van der Waals surface area contributed by atoms with Crippen LogP contribution in [0.5, 0.6) is 11.5 Å². The molecule has 5 rings (SSSR count). The first kappa shape index (κ1) is 27.4. The van der Waals surface area contributed by atoms with Crippen molar-refractivity contribution in [1.82, 2.24) is 15.1 Å². The summed E-state index contributed by atoms with van der Waals surface area (Å²) in [5, 5.41) is 14.6. The second kappa shape index (κ2) is 11.5. The molecule has 0 aliphatic carbocycles.